The molecule has 1 aliphatic rings. The van der Waals surface area contributed by atoms with Gasteiger partial charge in [-0.1, -0.05) is 19.1 Å². The number of hydrogen-bond acceptors (Lipinski definition) is 4. The lowest BCUT2D eigenvalue weighted by molar-refractivity contribution is -0.147. The van der Waals surface area contributed by atoms with Crippen LogP contribution in [-0.4, -0.2) is 19.2 Å². The first kappa shape index (κ1) is 15.1. The van der Waals surface area contributed by atoms with E-state index in [2.05, 4.69) is 19.1 Å². The van der Waals surface area contributed by atoms with E-state index in [0.717, 1.165) is 12.8 Å². The first-order valence-corrected chi connectivity index (χ1v) is 7.12. The van der Waals surface area contributed by atoms with E-state index in [1.165, 1.54) is 0 Å². The Morgan fingerprint density at radius 3 is 2.67 bits per heavy atom. The van der Waals surface area contributed by atoms with Crippen molar-refractivity contribution in [2.45, 2.75) is 19.8 Å². The molecule has 0 aromatic heterocycles. The van der Waals surface area contributed by atoms with Gasteiger partial charge in [0.1, 0.15) is 5.75 Å². The molecule has 0 aliphatic heterocycles. The predicted octanol–water partition coefficient (Wildman–Crippen LogP) is 3.08. The minimum atomic E-state index is -0.360. The highest BCUT2D eigenvalue weighted by Crippen LogP contribution is 2.25. The summed E-state index contributed by atoms with van der Waals surface area (Å²) in [5, 5.41) is 8.69. The summed E-state index contributed by atoms with van der Waals surface area (Å²) in [4.78, 5) is 11.7. The maximum Gasteiger partial charge on any atom is 0.344 e. The number of nitriles is 1. The molecule has 4 nitrogen and oxygen atoms in total. The summed E-state index contributed by atoms with van der Waals surface area (Å²) in [6, 6.07) is 8.66. The van der Waals surface area contributed by atoms with Gasteiger partial charge in [-0.3, -0.25) is 0 Å². The molecule has 0 saturated heterocycles. The summed E-state index contributed by atoms with van der Waals surface area (Å²) in [7, 11) is 0. The third-order valence-corrected chi connectivity index (χ3v) is 3.72. The van der Waals surface area contributed by atoms with Crippen molar-refractivity contribution >= 4 is 5.97 Å². The van der Waals surface area contributed by atoms with Crippen LogP contribution >= 0.6 is 0 Å². The Balaban J connectivity index is 1.72. The van der Waals surface area contributed by atoms with E-state index in [-0.39, 0.29) is 12.6 Å². The first-order chi connectivity index (χ1) is 10.2. The van der Waals surface area contributed by atoms with Crippen LogP contribution < -0.4 is 4.74 Å². The van der Waals surface area contributed by atoms with Crippen LogP contribution in [0.25, 0.3) is 0 Å². The summed E-state index contributed by atoms with van der Waals surface area (Å²) in [5.74, 6) is 1.14. The van der Waals surface area contributed by atoms with Crippen molar-refractivity contribution in [1.82, 2.24) is 0 Å². The Labute approximate surface area is 125 Å². The monoisotopic (exact) mass is 285 g/mol. The third-order valence-electron chi connectivity index (χ3n) is 3.72. The van der Waals surface area contributed by atoms with Crippen LogP contribution in [0.3, 0.4) is 0 Å². The quantitative estimate of drug-likeness (QED) is 0.616. The summed E-state index contributed by atoms with van der Waals surface area (Å²) < 4.78 is 10.6. The van der Waals surface area contributed by atoms with Crippen LogP contribution in [0, 0.1) is 23.2 Å². The standard InChI is InChI=1S/C17H19NO3/c1-13-4-2-3-5-15(13)11-21-17(19)12-20-16-8-6-14(10-18)7-9-16/h2-3,6-9,13,15H,4-5,11-12H2,1H3. The van der Waals surface area contributed by atoms with Gasteiger partial charge in [-0.2, -0.15) is 5.26 Å². The molecule has 0 radical (unpaired) electrons. The minimum absolute atomic E-state index is 0.108. The Kier molecular flexibility index (Phi) is 5.39. The molecule has 21 heavy (non-hydrogen) atoms. The molecule has 110 valence electrons. The molecule has 1 aromatic rings. The van der Waals surface area contributed by atoms with E-state index in [1.54, 1.807) is 24.3 Å². The van der Waals surface area contributed by atoms with Gasteiger partial charge in [-0.25, -0.2) is 4.79 Å². The largest absolute Gasteiger partial charge is 0.482 e. The van der Waals surface area contributed by atoms with Crippen molar-refractivity contribution < 1.29 is 14.3 Å². The molecule has 0 spiro atoms. The molecule has 0 bridgehead atoms. The topological polar surface area (TPSA) is 59.3 Å². The maximum atomic E-state index is 11.7. The predicted molar refractivity (Wildman–Crippen MR) is 78.6 cm³/mol. The molecule has 4 heteroatoms. The van der Waals surface area contributed by atoms with Gasteiger partial charge in [0, 0.05) is 0 Å². The number of hydrogen-bond donors (Lipinski definition) is 0. The molecule has 0 N–H and O–H groups in total. The lowest BCUT2D eigenvalue weighted by Gasteiger charge is -2.24. The average Bonchev–Trinajstić information content (AvgIpc) is 2.52. The SMILES string of the molecule is CC1CC=CCC1COC(=O)COc1ccc(C#N)cc1. The van der Waals surface area contributed by atoms with E-state index in [4.69, 9.17) is 14.7 Å². The number of benzene rings is 1. The zero-order valence-corrected chi connectivity index (χ0v) is 12.1. The lowest BCUT2D eigenvalue weighted by atomic mass is 9.85. The van der Waals surface area contributed by atoms with Gasteiger partial charge in [0.25, 0.3) is 0 Å². The fourth-order valence-corrected chi connectivity index (χ4v) is 2.25. The summed E-state index contributed by atoms with van der Waals surface area (Å²) >= 11 is 0. The van der Waals surface area contributed by atoms with Crippen molar-refractivity contribution in [2.24, 2.45) is 11.8 Å². The van der Waals surface area contributed by atoms with Crippen molar-refractivity contribution in [1.29, 1.82) is 5.26 Å². The second kappa shape index (κ2) is 7.49. The van der Waals surface area contributed by atoms with E-state index < -0.39 is 0 Å². The van der Waals surface area contributed by atoms with Crippen LogP contribution in [0.4, 0.5) is 0 Å². The molecular weight excluding hydrogens is 266 g/mol. The molecule has 0 heterocycles. The van der Waals surface area contributed by atoms with Gasteiger partial charge >= 0.3 is 5.97 Å². The van der Waals surface area contributed by atoms with Gasteiger partial charge < -0.3 is 9.47 Å². The van der Waals surface area contributed by atoms with Gasteiger partial charge in [-0.05, 0) is 48.9 Å². The first-order valence-electron chi connectivity index (χ1n) is 7.12. The third kappa shape index (κ3) is 4.64. The van der Waals surface area contributed by atoms with Crippen LogP contribution in [0.1, 0.15) is 25.3 Å². The molecular formula is C17H19NO3. The summed E-state index contributed by atoms with van der Waals surface area (Å²) in [6.07, 6.45) is 6.33. The van der Waals surface area contributed by atoms with E-state index in [9.17, 15) is 4.79 Å². The number of esters is 1. The van der Waals surface area contributed by atoms with Gasteiger partial charge in [0.2, 0.25) is 0 Å². The molecule has 2 atom stereocenters. The zero-order valence-electron chi connectivity index (χ0n) is 12.1. The number of allylic oxidation sites excluding steroid dienone is 2. The number of nitrogens with zero attached hydrogens (tertiary/aromatic N) is 1. The molecule has 0 saturated carbocycles. The summed E-state index contributed by atoms with van der Waals surface area (Å²) in [5.41, 5.74) is 0.560. The highest BCUT2D eigenvalue weighted by molar-refractivity contribution is 5.71. The lowest BCUT2D eigenvalue weighted by Crippen LogP contribution is -2.24. The fourth-order valence-electron chi connectivity index (χ4n) is 2.25. The molecule has 0 amide bonds. The molecule has 1 aromatic carbocycles. The smallest absolute Gasteiger partial charge is 0.344 e. The van der Waals surface area contributed by atoms with Crippen molar-refractivity contribution in [3.8, 4) is 11.8 Å². The Bertz CT molecular complexity index is 542. The minimum Gasteiger partial charge on any atom is -0.482 e. The van der Waals surface area contributed by atoms with Crippen molar-refractivity contribution in [2.75, 3.05) is 13.2 Å². The molecule has 2 rings (SSSR count). The van der Waals surface area contributed by atoms with Gasteiger partial charge in [0.15, 0.2) is 6.61 Å². The highest BCUT2D eigenvalue weighted by Gasteiger charge is 2.20. The van der Waals surface area contributed by atoms with Gasteiger partial charge in [-0.15, -0.1) is 0 Å². The van der Waals surface area contributed by atoms with E-state index in [1.807, 2.05) is 6.07 Å². The Hall–Kier alpha value is -2.28. The number of carbonyl (C=O) groups is 1. The molecule has 1 aliphatic carbocycles. The Morgan fingerprint density at radius 2 is 2.00 bits per heavy atom. The Morgan fingerprint density at radius 1 is 1.29 bits per heavy atom. The van der Waals surface area contributed by atoms with Crippen LogP contribution in [0.15, 0.2) is 36.4 Å². The second-order valence-electron chi connectivity index (χ2n) is 5.29. The zero-order chi connectivity index (χ0) is 15.1. The van der Waals surface area contributed by atoms with Crippen LogP contribution in [0.2, 0.25) is 0 Å². The highest BCUT2D eigenvalue weighted by atomic mass is 16.6. The second-order valence-corrected chi connectivity index (χ2v) is 5.29. The van der Waals surface area contributed by atoms with E-state index in [0.29, 0.717) is 29.8 Å². The average molecular weight is 285 g/mol. The van der Waals surface area contributed by atoms with Crippen molar-refractivity contribution in [3.63, 3.8) is 0 Å². The normalized spacial score (nSPS) is 20.6. The van der Waals surface area contributed by atoms with Crippen molar-refractivity contribution in [3.05, 3.63) is 42.0 Å². The maximum absolute atomic E-state index is 11.7. The molecule has 0 fully saturated rings. The number of rotatable bonds is 5. The fraction of sp³-hybridized carbons (Fsp3) is 0.412. The summed E-state index contributed by atoms with van der Waals surface area (Å²) in [6.45, 7) is 2.51. The molecule has 2 unspecified atom stereocenters. The van der Waals surface area contributed by atoms with E-state index >= 15 is 0 Å². The van der Waals surface area contributed by atoms with Crippen LogP contribution in [-0.2, 0) is 9.53 Å². The number of carbonyl (C=O) groups excluding carboxylic acids is 1. The van der Waals surface area contributed by atoms with Gasteiger partial charge in [0.05, 0.1) is 18.2 Å². The number of ether oxygens (including phenoxy) is 2. The van der Waals surface area contributed by atoms with Crippen LogP contribution in [0.5, 0.6) is 5.75 Å².